The fraction of sp³-hybridized carbons (Fsp3) is 0.286. The molecule has 0 amide bonds. The maximum atomic E-state index is 12.1. The molecule has 0 bridgehead atoms. The van der Waals surface area contributed by atoms with Crippen molar-refractivity contribution >= 4 is 11.6 Å². The van der Waals surface area contributed by atoms with Crippen molar-refractivity contribution in [2.45, 2.75) is 12.8 Å². The summed E-state index contributed by atoms with van der Waals surface area (Å²) in [6.07, 6.45) is -4.67. The van der Waals surface area contributed by atoms with E-state index in [1.807, 2.05) is 0 Å². The lowest BCUT2D eigenvalue weighted by molar-refractivity contribution is -0.141. The fourth-order valence-electron chi connectivity index (χ4n) is 0.763. The van der Waals surface area contributed by atoms with Crippen molar-refractivity contribution in [3.63, 3.8) is 0 Å². The van der Waals surface area contributed by atoms with Crippen molar-refractivity contribution in [3.05, 3.63) is 23.0 Å². The molecule has 0 aromatic carbocycles. The second-order valence-electron chi connectivity index (χ2n) is 2.36. The third-order valence-corrected chi connectivity index (χ3v) is 1.59. The van der Waals surface area contributed by atoms with Crippen LogP contribution in [0.5, 0.6) is 5.75 Å². The van der Waals surface area contributed by atoms with Gasteiger partial charge in [0.1, 0.15) is 5.69 Å². The average Bonchev–Trinajstić information content (AvgIpc) is 2.05. The van der Waals surface area contributed by atoms with Gasteiger partial charge in [-0.3, -0.25) is 0 Å². The monoisotopic (exact) mass is 247 g/mol. The van der Waals surface area contributed by atoms with Crippen LogP contribution in [-0.2, 0) is 6.18 Å². The zero-order chi connectivity index (χ0) is 11.6. The zero-order valence-electron chi connectivity index (χ0n) is 6.86. The Labute approximate surface area is 85.6 Å². The van der Waals surface area contributed by atoms with E-state index in [1.54, 1.807) is 0 Å². The second kappa shape index (κ2) is 4.18. The molecule has 2 nitrogen and oxygen atoms in total. The van der Waals surface area contributed by atoms with Crippen LogP contribution in [0.1, 0.15) is 5.69 Å². The van der Waals surface area contributed by atoms with Crippen LogP contribution >= 0.6 is 11.6 Å². The van der Waals surface area contributed by atoms with Crippen molar-refractivity contribution in [2.75, 3.05) is 0 Å². The molecule has 0 saturated carbocycles. The summed E-state index contributed by atoms with van der Waals surface area (Å²) in [7, 11) is 0. The molecule has 0 saturated heterocycles. The van der Waals surface area contributed by atoms with Gasteiger partial charge in [-0.2, -0.15) is 22.0 Å². The van der Waals surface area contributed by atoms with Crippen LogP contribution in [0.15, 0.2) is 12.1 Å². The van der Waals surface area contributed by atoms with Crippen molar-refractivity contribution in [3.8, 4) is 5.75 Å². The molecule has 15 heavy (non-hydrogen) atoms. The van der Waals surface area contributed by atoms with Gasteiger partial charge in [-0.15, -0.1) is 0 Å². The molecule has 1 aromatic rings. The molecular formula is C7H3ClF5NO. The third kappa shape index (κ3) is 3.19. The number of nitrogens with zero attached hydrogens (tertiary/aromatic N) is 1. The SMILES string of the molecule is FC(F)Oc1ccc(C(F)(F)F)nc1Cl. The van der Waals surface area contributed by atoms with Gasteiger partial charge in [0, 0.05) is 0 Å². The molecule has 0 spiro atoms. The molecule has 0 aliphatic carbocycles. The maximum Gasteiger partial charge on any atom is 0.433 e. The predicted octanol–water partition coefficient (Wildman–Crippen LogP) is 3.36. The minimum atomic E-state index is -4.67. The van der Waals surface area contributed by atoms with Gasteiger partial charge in [-0.25, -0.2) is 4.98 Å². The van der Waals surface area contributed by atoms with Gasteiger partial charge in [0.25, 0.3) is 0 Å². The molecule has 0 aliphatic heterocycles. The molecule has 0 fully saturated rings. The minimum absolute atomic E-state index is 0.504. The first-order chi connectivity index (χ1) is 6.80. The highest BCUT2D eigenvalue weighted by molar-refractivity contribution is 6.30. The van der Waals surface area contributed by atoms with Gasteiger partial charge >= 0.3 is 12.8 Å². The van der Waals surface area contributed by atoms with Crippen LogP contribution < -0.4 is 4.74 Å². The lowest BCUT2D eigenvalue weighted by Crippen LogP contribution is -2.09. The Morgan fingerprint density at radius 1 is 1.27 bits per heavy atom. The van der Waals surface area contributed by atoms with E-state index < -0.39 is 29.4 Å². The van der Waals surface area contributed by atoms with Crippen molar-refractivity contribution < 1.29 is 26.7 Å². The van der Waals surface area contributed by atoms with Gasteiger partial charge < -0.3 is 4.74 Å². The fourth-order valence-corrected chi connectivity index (χ4v) is 0.962. The van der Waals surface area contributed by atoms with Crippen molar-refractivity contribution in [1.82, 2.24) is 4.98 Å². The standard InChI is InChI=1S/C7H3ClF5NO/c8-5-3(15-6(9)10)1-2-4(14-5)7(11,12)13/h1-2,6H. The Balaban J connectivity index is 2.98. The van der Waals surface area contributed by atoms with E-state index in [0.717, 1.165) is 0 Å². The van der Waals surface area contributed by atoms with Crippen LogP contribution in [0.2, 0.25) is 5.15 Å². The number of hydrogen-bond donors (Lipinski definition) is 0. The quantitative estimate of drug-likeness (QED) is 0.591. The lowest BCUT2D eigenvalue weighted by Gasteiger charge is -2.09. The summed E-state index contributed by atoms with van der Waals surface area (Å²) < 4.78 is 63.4. The van der Waals surface area contributed by atoms with E-state index in [2.05, 4.69) is 9.72 Å². The predicted molar refractivity (Wildman–Crippen MR) is 40.9 cm³/mol. The van der Waals surface area contributed by atoms with E-state index in [4.69, 9.17) is 11.6 Å². The molecule has 1 rings (SSSR count). The second-order valence-corrected chi connectivity index (χ2v) is 2.72. The van der Waals surface area contributed by atoms with Crippen LogP contribution in [0.25, 0.3) is 0 Å². The first kappa shape index (κ1) is 12.0. The third-order valence-electron chi connectivity index (χ3n) is 1.32. The van der Waals surface area contributed by atoms with Crippen molar-refractivity contribution in [2.24, 2.45) is 0 Å². The molecule has 0 radical (unpaired) electrons. The summed E-state index contributed by atoms with van der Waals surface area (Å²) in [4.78, 5) is 2.88. The highest BCUT2D eigenvalue weighted by atomic mass is 35.5. The topological polar surface area (TPSA) is 22.1 Å². The Morgan fingerprint density at radius 2 is 1.87 bits per heavy atom. The van der Waals surface area contributed by atoms with Crippen molar-refractivity contribution in [1.29, 1.82) is 0 Å². The highest BCUT2D eigenvalue weighted by Crippen LogP contribution is 2.32. The summed E-state index contributed by atoms with van der Waals surface area (Å²) >= 11 is 5.21. The molecule has 1 aromatic heterocycles. The average molecular weight is 248 g/mol. The van der Waals surface area contributed by atoms with Gasteiger partial charge in [0.15, 0.2) is 10.9 Å². The summed E-state index contributed by atoms with van der Waals surface area (Å²) in [6.45, 7) is -3.17. The molecule has 0 aliphatic rings. The summed E-state index contributed by atoms with van der Waals surface area (Å²) in [6, 6.07) is 1.19. The lowest BCUT2D eigenvalue weighted by atomic mass is 10.3. The number of halogens is 6. The Bertz CT molecular complexity index is 354. The highest BCUT2D eigenvalue weighted by Gasteiger charge is 2.33. The van der Waals surface area contributed by atoms with Crippen LogP contribution in [-0.4, -0.2) is 11.6 Å². The summed E-state index contributed by atoms with van der Waals surface area (Å²) in [5.41, 5.74) is -1.27. The van der Waals surface area contributed by atoms with E-state index in [9.17, 15) is 22.0 Å². The van der Waals surface area contributed by atoms with Gasteiger partial charge in [-0.05, 0) is 12.1 Å². The van der Waals surface area contributed by atoms with Gasteiger partial charge in [-0.1, -0.05) is 11.6 Å². The van der Waals surface area contributed by atoms with E-state index >= 15 is 0 Å². The molecular weight excluding hydrogens is 245 g/mol. The first-order valence-electron chi connectivity index (χ1n) is 3.49. The molecule has 0 N–H and O–H groups in total. The number of pyridine rings is 1. The maximum absolute atomic E-state index is 12.1. The Hall–Kier alpha value is -1.11. The van der Waals surface area contributed by atoms with Gasteiger partial charge in [0.2, 0.25) is 0 Å². The summed E-state index contributed by atoms with van der Waals surface area (Å²) in [5, 5.41) is -0.759. The molecule has 1 heterocycles. The smallest absolute Gasteiger partial charge is 0.432 e. The number of ether oxygens (including phenoxy) is 1. The number of aromatic nitrogens is 1. The summed E-state index contributed by atoms with van der Waals surface area (Å²) in [5.74, 6) is -0.598. The molecule has 8 heteroatoms. The number of rotatable bonds is 2. The van der Waals surface area contributed by atoms with Crippen LogP contribution in [0.3, 0.4) is 0 Å². The Morgan fingerprint density at radius 3 is 2.27 bits per heavy atom. The minimum Gasteiger partial charge on any atom is -0.432 e. The molecule has 84 valence electrons. The van der Waals surface area contributed by atoms with E-state index in [-0.39, 0.29) is 0 Å². The van der Waals surface area contributed by atoms with Crippen LogP contribution in [0.4, 0.5) is 22.0 Å². The van der Waals surface area contributed by atoms with E-state index in [0.29, 0.717) is 12.1 Å². The largest absolute Gasteiger partial charge is 0.433 e. The molecule has 0 atom stereocenters. The van der Waals surface area contributed by atoms with Gasteiger partial charge in [0.05, 0.1) is 0 Å². The zero-order valence-corrected chi connectivity index (χ0v) is 7.61. The Kier molecular flexibility index (Phi) is 3.33. The normalized spacial score (nSPS) is 11.9. The van der Waals surface area contributed by atoms with Crippen LogP contribution in [0, 0.1) is 0 Å². The number of alkyl halides is 5. The molecule has 0 unspecified atom stereocenters. The number of hydrogen-bond acceptors (Lipinski definition) is 2. The van der Waals surface area contributed by atoms with E-state index in [1.165, 1.54) is 0 Å². The first-order valence-corrected chi connectivity index (χ1v) is 3.87.